The number of carbonyl (C=O) groups excluding carboxylic acids is 1. The summed E-state index contributed by atoms with van der Waals surface area (Å²) in [7, 11) is -2.13. The molecule has 1 N–H and O–H groups in total. The van der Waals surface area contributed by atoms with Crippen molar-refractivity contribution in [3.05, 3.63) is 27.8 Å². The number of nitrogens with one attached hydrogen (secondary N) is 1. The van der Waals surface area contributed by atoms with Crippen molar-refractivity contribution >= 4 is 22.0 Å². The molecule has 0 radical (unpaired) electrons. The molecule has 0 aliphatic carbocycles. The summed E-state index contributed by atoms with van der Waals surface area (Å²) in [5, 5.41) is 11.1. The summed E-state index contributed by atoms with van der Waals surface area (Å²) in [6.45, 7) is 1.71. The molecule has 1 aromatic carbocycles. The fourth-order valence-corrected chi connectivity index (χ4v) is 2.94. The molecule has 9 nitrogen and oxygen atoms in total. The Morgan fingerprint density at radius 1 is 1.39 bits per heavy atom. The standard InChI is InChI=1S/C13H18N2O7S/c1-3-8-23(19,20)14-6-7-22-11-5-4-10(9-16)12(15(17)18)13(11)21-2/h4-5,9,14H,3,6-8H2,1-2H3. The number of benzene rings is 1. The van der Waals surface area contributed by atoms with Gasteiger partial charge < -0.3 is 9.47 Å². The Bertz CT molecular complexity index is 673. The lowest BCUT2D eigenvalue weighted by Crippen LogP contribution is -2.30. The van der Waals surface area contributed by atoms with Gasteiger partial charge >= 0.3 is 5.69 Å². The zero-order valence-corrected chi connectivity index (χ0v) is 13.6. The van der Waals surface area contributed by atoms with Crippen molar-refractivity contribution in [1.29, 1.82) is 0 Å². The van der Waals surface area contributed by atoms with Crippen molar-refractivity contribution in [2.45, 2.75) is 13.3 Å². The number of nitrogens with zero attached hydrogens (tertiary/aromatic N) is 1. The van der Waals surface area contributed by atoms with Gasteiger partial charge in [-0.25, -0.2) is 13.1 Å². The molecule has 0 atom stereocenters. The van der Waals surface area contributed by atoms with E-state index in [1.165, 1.54) is 19.2 Å². The van der Waals surface area contributed by atoms with E-state index in [1.54, 1.807) is 6.92 Å². The quantitative estimate of drug-likeness (QED) is 0.291. The van der Waals surface area contributed by atoms with Crippen molar-refractivity contribution in [3.63, 3.8) is 0 Å². The molecule has 23 heavy (non-hydrogen) atoms. The molecule has 0 heterocycles. The third-order valence-electron chi connectivity index (χ3n) is 2.79. The lowest BCUT2D eigenvalue weighted by Gasteiger charge is -2.12. The molecule has 0 saturated carbocycles. The number of hydrogen-bond acceptors (Lipinski definition) is 7. The van der Waals surface area contributed by atoms with Gasteiger partial charge in [0, 0.05) is 6.54 Å². The van der Waals surface area contributed by atoms with E-state index in [1.807, 2.05) is 0 Å². The Labute approximate surface area is 133 Å². The van der Waals surface area contributed by atoms with E-state index in [0.717, 1.165) is 0 Å². The highest BCUT2D eigenvalue weighted by atomic mass is 32.2. The second-order valence-corrected chi connectivity index (χ2v) is 6.40. The number of nitro benzene ring substituents is 1. The lowest BCUT2D eigenvalue weighted by atomic mass is 10.1. The molecule has 128 valence electrons. The summed E-state index contributed by atoms with van der Waals surface area (Å²) in [6, 6.07) is 2.60. The highest BCUT2D eigenvalue weighted by Crippen LogP contribution is 2.38. The number of nitro groups is 1. The Kier molecular flexibility index (Phi) is 6.91. The Morgan fingerprint density at radius 2 is 2.09 bits per heavy atom. The maximum Gasteiger partial charge on any atom is 0.325 e. The summed E-state index contributed by atoms with van der Waals surface area (Å²) >= 11 is 0. The van der Waals surface area contributed by atoms with Crippen LogP contribution < -0.4 is 14.2 Å². The average Bonchev–Trinajstić information content (AvgIpc) is 2.50. The summed E-state index contributed by atoms with van der Waals surface area (Å²) in [4.78, 5) is 21.2. The fourth-order valence-electron chi connectivity index (χ4n) is 1.86. The second-order valence-electron chi connectivity index (χ2n) is 4.47. The number of rotatable bonds is 10. The molecule has 0 aliphatic heterocycles. The molecule has 0 aliphatic rings. The Morgan fingerprint density at radius 3 is 2.61 bits per heavy atom. The van der Waals surface area contributed by atoms with E-state index in [0.29, 0.717) is 12.7 Å². The van der Waals surface area contributed by atoms with Crippen molar-refractivity contribution in [1.82, 2.24) is 4.72 Å². The van der Waals surface area contributed by atoms with Crippen LogP contribution in [0.1, 0.15) is 23.7 Å². The second kappa shape index (κ2) is 8.44. The SMILES string of the molecule is CCCS(=O)(=O)NCCOc1ccc(C=O)c([N+](=O)[O-])c1OC. The van der Waals surface area contributed by atoms with Crippen molar-refractivity contribution in [3.8, 4) is 11.5 Å². The number of methoxy groups -OCH3 is 1. The van der Waals surface area contributed by atoms with Crippen LogP contribution in [0.3, 0.4) is 0 Å². The number of aldehydes is 1. The minimum atomic E-state index is -3.35. The first-order valence-corrected chi connectivity index (χ1v) is 8.42. The molecular weight excluding hydrogens is 328 g/mol. The van der Waals surface area contributed by atoms with E-state index in [9.17, 15) is 23.3 Å². The summed E-state index contributed by atoms with van der Waals surface area (Å²) in [6.07, 6.45) is 0.840. The van der Waals surface area contributed by atoms with Crippen LogP contribution in [0.5, 0.6) is 11.5 Å². The molecule has 1 aromatic rings. The van der Waals surface area contributed by atoms with Gasteiger partial charge in [-0.3, -0.25) is 14.9 Å². The van der Waals surface area contributed by atoms with Gasteiger partial charge in [-0.05, 0) is 18.6 Å². The van der Waals surface area contributed by atoms with Crippen LogP contribution in [0.15, 0.2) is 12.1 Å². The monoisotopic (exact) mass is 346 g/mol. The van der Waals surface area contributed by atoms with E-state index in [4.69, 9.17) is 9.47 Å². The van der Waals surface area contributed by atoms with Crippen LogP contribution in [-0.2, 0) is 10.0 Å². The lowest BCUT2D eigenvalue weighted by molar-refractivity contribution is -0.386. The predicted molar refractivity (Wildman–Crippen MR) is 82.6 cm³/mol. The maximum atomic E-state index is 11.5. The summed E-state index contributed by atoms with van der Waals surface area (Å²) in [5.41, 5.74) is -0.630. The van der Waals surface area contributed by atoms with Crippen molar-refractivity contribution in [2.75, 3.05) is 26.0 Å². The van der Waals surface area contributed by atoms with Crippen LogP contribution in [0.2, 0.25) is 0 Å². The molecule has 0 bridgehead atoms. The Balaban J connectivity index is 2.84. The van der Waals surface area contributed by atoms with Crippen molar-refractivity contribution in [2.24, 2.45) is 0 Å². The molecule has 0 saturated heterocycles. The molecule has 0 spiro atoms. The van der Waals surface area contributed by atoms with Crippen LogP contribution in [0.25, 0.3) is 0 Å². The zero-order chi connectivity index (χ0) is 17.5. The van der Waals surface area contributed by atoms with Gasteiger partial charge in [-0.1, -0.05) is 6.92 Å². The molecular formula is C13H18N2O7S. The van der Waals surface area contributed by atoms with Crippen molar-refractivity contribution < 1.29 is 27.6 Å². The molecule has 0 aromatic heterocycles. The number of carbonyl (C=O) groups is 1. The largest absolute Gasteiger partial charge is 0.488 e. The summed E-state index contributed by atoms with van der Waals surface area (Å²) in [5.74, 6) is -0.119. The molecule has 1 rings (SSSR count). The third-order valence-corrected chi connectivity index (χ3v) is 4.38. The van der Waals surface area contributed by atoms with Crippen LogP contribution in [-0.4, -0.2) is 45.6 Å². The smallest absolute Gasteiger partial charge is 0.325 e. The topological polar surface area (TPSA) is 125 Å². The van der Waals surface area contributed by atoms with E-state index in [2.05, 4.69) is 4.72 Å². The van der Waals surface area contributed by atoms with Gasteiger partial charge in [0.2, 0.25) is 15.8 Å². The first-order chi connectivity index (χ1) is 10.9. The molecule has 0 fully saturated rings. The minimum Gasteiger partial charge on any atom is -0.488 e. The van der Waals surface area contributed by atoms with Crippen LogP contribution >= 0.6 is 0 Å². The first-order valence-electron chi connectivity index (χ1n) is 6.77. The molecule has 0 unspecified atom stereocenters. The molecule has 10 heteroatoms. The highest BCUT2D eigenvalue weighted by molar-refractivity contribution is 7.89. The number of hydrogen-bond donors (Lipinski definition) is 1. The minimum absolute atomic E-state index is 0.00865. The third kappa shape index (κ3) is 5.18. The van der Waals surface area contributed by atoms with Crippen LogP contribution in [0.4, 0.5) is 5.69 Å². The maximum absolute atomic E-state index is 11.5. The molecule has 0 amide bonds. The van der Waals surface area contributed by atoms with Gasteiger partial charge in [0.25, 0.3) is 0 Å². The average molecular weight is 346 g/mol. The van der Waals surface area contributed by atoms with E-state index < -0.39 is 20.6 Å². The zero-order valence-electron chi connectivity index (χ0n) is 12.8. The Hall–Kier alpha value is -2.20. The van der Waals surface area contributed by atoms with E-state index in [-0.39, 0.29) is 36.0 Å². The van der Waals surface area contributed by atoms with Gasteiger partial charge in [0.1, 0.15) is 6.61 Å². The fraction of sp³-hybridized carbons (Fsp3) is 0.462. The number of sulfonamides is 1. The highest BCUT2D eigenvalue weighted by Gasteiger charge is 2.25. The van der Waals surface area contributed by atoms with Gasteiger partial charge in [-0.15, -0.1) is 0 Å². The predicted octanol–water partition coefficient (Wildman–Crippen LogP) is 1.12. The van der Waals surface area contributed by atoms with Gasteiger partial charge in [0.05, 0.1) is 23.3 Å². The normalized spacial score (nSPS) is 11.0. The van der Waals surface area contributed by atoms with Crippen LogP contribution in [0, 0.1) is 10.1 Å². The summed E-state index contributed by atoms with van der Waals surface area (Å²) < 4.78 is 35.6. The first kappa shape index (κ1) is 18.8. The van der Waals surface area contributed by atoms with Gasteiger partial charge in [-0.2, -0.15) is 0 Å². The van der Waals surface area contributed by atoms with Gasteiger partial charge in [0.15, 0.2) is 12.0 Å². The van der Waals surface area contributed by atoms with E-state index >= 15 is 0 Å². The number of ether oxygens (including phenoxy) is 2.